The highest BCUT2D eigenvalue weighted by Gasteiger charge is 2.42. The SMILES string of the molecule is CCCCN1C(=O)c2[nH]nc(-c3ccccc3O)c2[C@H]1c1ccc(OC)cc1. The summed E-state index contributed by atoms with van der Waals surface area (Å²) in [6, 6.07) is 14.6. The Morgan fingerprint density at radius 2 is 1.93 bits per heavy atom. The van der Waals surface area contributed by atoms with Crippen LogP contribution in [0.1, 0.15) is 47.4 Å². The van der Waals surface area contributed by atoms with Gasteiger partial charge in [-0.2, -0.15) is 5.10 Å². The van der Waals surface area contributed by atoms with E-state index in [4.69, 9.17) is 4.74 Å². The second kappa shape index (κ2) is 7.38. The lowest BCUT2D eigenvalue weighted by Crippen LogP contribution is -2.30. The van der Waals surface area contributed by atoms with E-state index in [0.29, 0.717) is 23.5 Å². The lowest BCUT2D eigenvalue weighted by atomic mass is 9.95. The van der Waals surface area contributed by atoms with E-state index in [9.17, 15) is 9.90 Å². The molecule has 2 aromatic carbocycles. The molecule has 6 nitrogen and oxygen atoms in total. The first kappa shape index (κ1) is 18.1. The summed E-state index contributed by atoms with van der Waals surface area (Å²) in [6.45, 7) is 2.77. The Morgan fingerprint density at radius 3 is 2.61 bits per heavy atom. The largest absolute Gasteiger partial charge is 0.507 e. The number of phenols is 1. The zero-order chi connectivity index (χ0) is 19.7. The first-order chi connectivity index (χ1) is 13.7. The predicted octanol–water partition coefficient (Wildman–Crippen LogP) is 4.14. The summed E-state index contributed by atoms with van der Waals surface area (Å²) in [5.41, 5.74) is 3.52. The molecule has 1 aromatic heterocycles. The summed E-state index contributed by atoms with van der Waals surface area (Å²) in [6.07, 6.45) is 1.92. The van der Waals surface area contributed by atoms with E-state index in [-0.39, 0.29) is 17.7 Å². The van der Waals surface area contributed by atoms with Crippen LogP contribution in [0.15, 0.2) is 48.5 Å². The van der Waals surface area contributed by atoms with Gasteiger partial charge in [-0.3, -0.25) is 9.89 Å². The molecule has 2 N–H and O–H groups in total. The van der Waals surface area contributed by atoms with Gasteiger partial charge >= 0.3 is 0 Å². The van der Waals surface area contributed by atoms with Crippen LogP contribution in [-0.4, -0.2) is 39.8 Å². The van der Waals surface area contributed by atoms with Crippen molar-refractivity contribution < 1.29 is 14.6 Å². The van der Waals surface area contributed by atoms with E-state index in [1.165, 1.54) is 0 Å². The van der Waals surface area contributed by atoms with Gasteiger partial charge in [0.15, 0.2) is 0 Å². The van der Waals surface area contributed by atoms with Crippen molar-refractivity contribution in [2.75, 3.05) is 13.7 Å². The number of methoxy groups -OCH3 is 1. The number of unbranched alkanes of at least 4 members (excludes halogenated alkanes) is 1. The Hall–Kier alpha value is -3.28. The molecule has 3 aromatic rings. The molecule has 0 saturated carbocycles. The number of phenolic OH excluding ortho intramolecular Hbond substituents is 1. The van der Waals surface area contributed by atoms with Gasteiger partial charge < -0.3 is 14.7 Å². The average Bonchev–Trinajstić information content (AvgIpc) is 3.26. The second-order valence-corrected chi connectivity index (χ2v) is 6.91. The van der Waals surface area contributed by atoms with Gasteiger partial charge in [0.25, 0.3) is 5.91 Å². The summed E-state index contributed by atoms with van der Waals surface area (Å²) in [4.78, 5) is 15.0. The monoisotopic (exact) mass is 377 g/mol. The molecule has 0 radical (unpaired) electrons. The highest BCUT2D eigenvalue weighted by Crippen LogP contribution is 2.44. The third-order valence-corrected chi connectivity index (χ3v) is 5.21. The molecule has 4 rings (SSSR count). The molecule has 0 aliphatic carbocycles. The number of hydrogen-bond acceptors (Lipinski definition) is 4. The number of carbonyl (C=O) groups excluding carboxylic acids is 1. The fourth-order valence-corrected chi connectivity index (χ4v) is 3.77. The van der Waals surface area contributed by atoms with E-state index >= 15 is 0 Å². The Morgan fingerprint density at radius 1 is 1.18 bits per heavy atom. The van der Waals surface area contributed by atoms with Crippen molar-refractivity contribution in [3.05, 3.63) is 65.4 Å². The third kappa shape index (κ3) is 2.91. The average molecular weight is 377 g/mol. The van der Waals surface area contributed by atoms with Crippen molar-refractivity contribution >= 4 is 5.91 Å². The molecule has 0 spiro atoms. The summed E-state index contributed by atoms with van der Waals surface area (Å²) in [7, 11) is 1.63. The van der Waals surface area contributed by atoms with Gasteiger partial charge in [0.2, 0.25) is 0 Å². The normalized spacial score (nSPS) is 15.7. The quantitative estimate of drug-likeness (QED) is 0.677. The molecule has 2 heterocycles. The van der Waals surface area contributed by atoms with Gasteiger partial charge in [0.05, 0.1) is 13.2 Å². The number of nitrogens with zero attached hydrogens (tertiary/aromatic N) is 2. The number of aromatic nitrogens is 2. The zero-order valence-electron chi connectivity index (χ0n) is 16.0. The van der Waals surface area contributed by atoms with E-state index in [1.54, 1.807) is 19.2 Å². The highest BCUT2D eigenvalue weighted by atomic mass is 16.5. The summed E-state index contributed by atoms with van der Waals surface area (Å²) < 4.78 is 5.28. The van der Waals surface area contributed by atoms with E-state index in [0.717, 1.165) is 29.7 Å². The van der Waals surface area contributed by atoms with Crippen LogP contribution in [0.4, 0.5) is 0 Å². The van der Waals surface area contributed by atoms with Gasteiger partial charge in [-0.05, 0) is 36.2 Å². The molecule has 6 heteroatoms. The molecule has 0 unspecified atom stereocenters. The van der Waals surface area contributed by atoms with Crippen molar-refractivity contribution in [1.82, 2.24) is 15.1 Å². The summed E-state index contributed by atoms with van der Waals surface area (Å²) in [5, 5.41) is 17.6. The third-order valence-electron chi connectivity index (χ3n) is 5.21. The first-order valence-corrected chi connectivity index (χ1v) is 9.47. The number of hydrogen-bond donors (Lipinski definition) is 2. The number of benzene rings is 2. The lowest BCUT2D eigenvalue weighted by molar-refractivity contribution is 0.0741. The number of fused-ring (bicyclic) bond motifs is 1. The molecule has 28 heavy (non-hydrogen) atoms. The standard InChI is InChI=1S/C22H23N3O3/c1-3-4-13-25-21(14-9-11-15(28-2)12-10-14)18-19(23-24-20(18)22(25)27)16-7-5-6-8-17(16)26/h5-12,21,26H,3-4,13H2,1-2H3,(H,23,24)/t21-/m1/s1. The second-order valence-electron chi connectivity index (χ2n) is 6.91. The number of amides is 1. The number of ether oxygens (including phenoxy) is 1. The molecule has 1 aliphatic heterocycles. The van der Waals surface area contributed by atoms with Crippen LogP contribution in [0.2, 0.25) is 0 Å². The number of nitrogens with one attached hydrogen (secondary N) is 1. The molecule has 0 bridgehead atoms. The topological polar surface area (TPSA) is 78.5 Å². The van der Waals surface area contributed by atoms with Crippen LogP contribution in [-0.2, 0) is 0 Å². The number of carbonyl (C=O) groups is 1. The Balaban J connectivity index is 1.86. The molecule has 0 saturated heterocycles. The summed E-state index contributed by atoms with van der Waals surface area (Å²) in [5.74, 6) is 0.852. The van der Waals surface area contributed by atoms with E-state index in [2.05, 4.69) is 17.1 Å². The molecule has 144 valence electrons. The van der Waals surface area contributed by atoms with Gasteiger partial charge in [-0.25, -0.2) is 0 Å². The molecule has 1 amide bonds. The van der Waals surface area contributed by atoms with Crippen molar-refractivity contribution in [3.8, 4) is 22.8 Å². The highest BCUT2D eigenvalue weighted by molar-refractivity contribution is 6.00. The maximum absolute atomic E-state index is 13.1. The Kier molecular flexibility index (Phi) is 4.77. The lowest BCUT2D eigenvalue weighted by Gasteiger charge is -2.26. The Bertz CT molecular complexity index is 995. The van der Waals surface area contributed by atoms with Crippen LogP contribution >= 0.6 is 0 Å². The van der Waals surface area contributed by atoms with Gasteiger partial charge in [0.1, 0.15) is 22.9 Å². The van der Waals surface area contributed by atoms with Gasteiger partial charge in [-0.15, -0.1) is 0 Å². The van der Waals surface area contributed by atoms with Crippen LogP contribution in [0, 0.1) is 0 Å². The molecular weight excluding hydrogens is 354 g/mol. The minimum absolute atomic E-state index is 0.0570. The van der Waals surface area contributed by atoms with Crippen molar-refractivity contribution in [2.45, 2.75) is 25.8 Å². The molecule has 1 aliphatic rings. The predicted molar refractivity (Wildman–Crippen MR) is 106 cm³/mol. The minimum Gasteiger partial charge on any atom is -0.507 e. The first-order valence-electron chi connectivity index (χ1n) is 9.47. The number of rotatable bonds is 6. The molecule has 1 atom stereocenters. The van der Waals surface area contributed by atoms with E-state index in [1.807, 2.05) is 41.3 Å². The van der Waals surface area contributed by atoms with Gasteiger partial charge in [0, 0.05) is 17.7 Å². The van der Waals surface area contributed by atoms with E-state index < -0.39 is 0 Å². The number of aromatic hydroxyl groups is 1. The van der Waals surface area contributed by atoms with Crippen LogP contribution in [0.5, 0.6) is 11.5 Å². The Labute approximate surface area is 163 Å². The number of para-hydroxylation sites is 1. The number of aromatic amines is 1. The minimum atomic E-state index is -0.256. The van der Waals surface area contributed by atoms with Crippen LogP contribution in [0.25, 0.3) is 11.3 Å². The fourth-order valence-electron chi connectivity index (χ4n) is 3.77. The smallest absolute Gasteiger partial charge is 0.273 e. The van der Waals surface area contributed by atoms with Crippen molar-refractivity contribution in [3.63, 3.8) is 0 Å². The zero-order valence-corrected chi connectivity index (χ0v) is 16.0. The molecular formula is C22H23N3O3. The van der Waals surface area contributed by atoms with Crippen LogP contribution in [0.3, 0.4) is 0 Å². The fraction of sp³-hybridized carbons (Fsp3) is 0.273. The summed E-state index contributed by atoms with van der Waals surface area (Å²) >= 11 is 0. The van der Waals surface area contributed by atoms with Gasteiger partial charge in [-0.1, -0.05) is 37.6 Å². The van der Waals surface area contributed by atoms with Crippen molar-refractivity contribution in [1.29, 1.82) is 0 Å². The maximum atomic E-state index is 13.1. The van der Waals surface area contributed by atoms with Crippen molar-refractivity contribution in [2.24, 2.45) is 0 Å². The number of H-pyrrole nitrogens is 1. The molecule has 0 fully saturated rings. The van der Waals surface area contributed by atoms with Crippen LogP contribution < -0.4 is 4.74 Å². The maximum Gasteiger partial charge on any atom is 0.273 e.